The summed E-state index contributed by atoms with van der Waals surface area (Å²) in [7, 11) is 0. The topological polar surface area (TPSA) is 95.9 Å². The highest BCUT2D eigenvalue weighted by atomic mass is 16.5. The number of rotatable bonds is 52. The highest BCUT2D eigenvalue weighted by molar-refractivity contribution is 5.76. The fourth-order valence-corrected chi connectivity index (χ4v) is 8.55. The van der Waals surface area contributed by atoms with Crippen molar-refractivity contribution < 1.29 is 24.5 Å². The maximum Gasteiger partial charge on any atom is 0.305 e. The van der Waals surface area contributed by atoms with Gasteiger partial charge in [0.2, 0.25) is 5.91 Å². The van der Waals surface area contributed by atoms with Crippen LogP contribution >= 0.6 is 0 Å². The first-order valence-electron chi connectivity index (χ1n) is 28.3. The van der Waals surface area contributed by atoms with Crippen molar-refractivity contribution in [2.24, 2.45) is 0 Å². The second kappa shape index (κ2) is 53.7. The van der Waals surface area contributed by atoms with E-state index in [1.165, 1.54) is 218 Å². The maximum absolute atomic E-state index is 12.4. The molecule has 0 bridgehead atoms. The average molecular weight is 901 g/mol. The zero-order valence-corrected chi connectivity index (χ0v) is 42.8. The Morgan fingerprint density at radius 1 is 0.438 bits per heavy atom. The largest absolute Gasteiger partial charge is 0.466 e. The highest BCUT2D eigenvalue weighted by Gasteiger charge is 2.18. The van der Waals surface area contributed by atoms with Gasteiger partial charge in [-0.15, -0.1) is 0 Å². The second-order valence-electron chi connectivity index (χ2n) is 19.3. The standard InChI is InChI=1S/C58H109NO5/c1-3-5-7-9-11-13-15-17-23-28-32-36-40-44-48-52-58(63)64-53-49-45-41-37-33-29-25-22-20-18-19-21-24-27-31-35-39-43-47-51-57(62)59-55(54-60)56(61)50-46-42-38-34-30-26-16-14-12-10-8-6-4-2/h11,13,17,23,46,50,55-56,60-61H,3-10,12,14-16,18-22,24-45,47-49,51-54H2,1-2H3,(H,59,62)/b13-11-,23-17-,50-46+. The van der Waals surface area contributed by atoms with Crippen molar-refractivity contribution in [2.45, 2.75) is 309 Å². The molecule has 0 fully saturated rings. The van der Waals surface area contributed by atoms with Gasteiger partial charge in [-0.3, -0.25) is 9.59 Å². The van der Waals surface area contributed by atoms with Gasteiger partial charge in [-0.1, -0.05) is 256 Å². The molecule has 3 N–H and O–H groups in total. The lowest BCUT2D eigenvalue weighted by Gasteiger charge is -2.20. The molecule has 0 radical (unpaired) electrons. The number of carbonyl (C=O) groups excluding carboxylic acids is 2. The zero-order chi connectivity index (χ0) is 46.5. The summed E-state index contributed by atoms with van der Waals surface area (Å²) in [5.41, 5.74) is 0. The van der Waals surface area contributed by atoms with E-state index in [2.05, 4.69) is 43.5 Å². The molecule has 0 aliphatic carbocycles. The van der Waals surface area contributed by atoms with Gasteiger partial charge in [-0.2, -0.15) is 0 Å². The van der Waals surface area contributed by atoms with E-state index in [1.807, 2.05) is 6.08 Å². The number of hydrogen-bond donors (Lipinski definition) is 3. The summed E-state index contributed by atoms with van der Waals surface area (Å²) in [5, 5.41) is 23.1. The third kappa shape index (κ3) is 49.5. The van der Waals surface area contributed by atoms with Gasteiger partial charge in [0, 0.05) is 12.8 Å². The molecule has 6 heteroatoms. The van der Waals surface area contributed by atoms with Gasteiger partial charge in [-0.05, 0) is 64.2 Å². The van der Waals surface area contributed by atoms with Gasteiger partial charge in [0.15, 0.2) is 0 Å². The molecule has 0 aromatic carbocycles. The molecule has 0 aromatic rings. The fraction of sp³-hybridized carbons (Fsp3) is 0.862. The number of hydrogen-bond acceptors (Lipinski definition) is 5. The van der Waals surface area contributed by atoms with Crippen molar-refractivity contribution >= 4 is 11.9 Å². The van der Waals surface area contributed by atoms with Gasteiger partial charge in [0.05, 0.1) is 25.4 Å². The molecule has 2 unspecified atom stereocenters. The van der Waals surface area contributed by atoms with Crippen molar-refractivity contribution in [2.75, 3.05) is 13.2 Å². The first-order chi connectivity index (χ1) is 31.5. The zero-order valence-electron chi connectivity index (χ0n) is 42.8. The minimum Gasteiger partial charge on any atom is -0.466 e. The minimum atomic E-state index is -0.846. The second-order valence-corrected chi connectivity index (χ2v) is 19.3. The van der Waals surface area contributed by atoms with Crippen molar-refractivity contribution in [1.29, 1.82) is 0 Å². The number of unbranched alkanes of at least 4 members (excludes halogenated alkanes) is 37. The van der Waals surface area contributed by atoms with Gasteiger partial charge in [-0.25, -0.2) is 0 Å². The van der Waals surface area contributed by atoms with Crippen molar-refractivity contribution in [3.8, 4) is 0 Å². The molecule has 0 spiro atoms. The molecule has 6 nitrogen and oxygen atoms in total. The number of aliphatic hydroxyl groups excluding tert-OH is 2. The van der Waals surface area contributed by atoms with Crippen molar-refractivity contribution in [3.63, 3.8) is 0 Å². The van der Waals surface area contributed by atoms with E-state index in [-0.39, 0.29) is 18.5 Å². The molecule has 0 saturated heterocycles. The first kappa shape index (κ1) is 62.1. The number of nitrogens with one attached hydrogen (secondary N) is 1. The van der Waals surface area contributed by atoms with Crippen LogP contribution in [0.5, 0.6) is 0 Å². The minimum absolute atomic E-state index is 0.00605. The van der Waals surface area contributed by atoms with Crippen LogP contribution in [0.3, 0.4) is 0 Å². The predicted octanol–water partition coefficient (Wildman–Crippen LogP) is 17.2. The molecule has 376 valence electrons. The highest BCUT2D eigenvalue weighted by Crippen LogP contribution is 2.16. The molecule has 0 rings (SSSR count). The van der Waals surface area contributed by atoms with E-state index in [0.29, 0.717) is 19.4 Å². The third-order valence-corrected chi connectivity index (χ3v) is 12.9. The van der Waals surface area contributed by atoms with Crippen LogP contribution < -0.4 is 5.32 Å². The van der Waals surface area contributed by atoms with Crippen LogP contribution in [0.15, 0.2) is 36.5 Å². The Kier molecular flexibility index (Phi) is 52.1. The lowest BCUT2D eigenvalue weighted by Crippen LogP contribution is -2.45. The molecule has 0 saturated carbocycles. The summed E-state index contributed by atoms with van der Waals surface area (Å²) in [6.07, 6.45) is 65.9. The van der Waals surface area contributed by atoms with Crippen LogP contribution in [-0.4, -0.2) is 47.4 Å². The van der Waals surface area contributed by atoms with Gasteiger partial charge < -0.3 is 20.3 Å². The van der Waals surface area contributed by atoms with Gasteiger partial charge in [0.25, 0.3) is 0 Å². The Morgan fingerprint density at radius 3 is 1.22 bits per heavy atom. The van der Waals surface area contributed by atoms with Crippen molar-refractivity contribution in [3.05, 3.63) is 36.5 Å². The van der Waals surface area contributed by atoms with E-state index < -0.39 is 12.1 Å². The number of aliphatic hydroxyl groups is 2. The lowest BCUT2D eigenvalue weighted by molar-refractivity contribution is -0.143. The summed E-state index contributed by atoms with van der Waals surface area (Å²) < 4.78 is 5.47. The van der Waals surface area contributed by atoms with E-state index in [0.717, 1.165) is 51.4 Å². The van der Waals surface area contributed by atoms with Gasteiger partial charge in [0.1, 0.15) is 0 Å². The normalized spacial score (nSPS) is 12.9. The van der Waals surface area contributed by atoms with Crippen LogP contribution in [0, 0.1) is 0 Å². The van der Waals surface area contributed by atoms with E-state index in [9.17, 15) is 19.8 Å². The predicted molar refractivity (Wildman–Crippen MR) is 278 cm³/mol. The Hall–Kier alpha value is -1.92. The molecule has 2 atom stereocenters. The van der Waals surface area contributed by atoms with E-state index in [1.54, 1.807) is 6.08 Å². The van der Waals surface area contributed by atoms with E-state index >= 15 is 0 Å². The van der Waals surface area contributed by atoms with Crippen LogP contribution in [0.1, 0.15) is 296 Å². The Morgan fingerprint density at radius 2 is 0.781 bits per heavy atom. The first-order valence-corrected chi connectivity index (χ1v) is 28.3. The summed E-state index contributed by atoms with van der Waals surface area (Å²) >= 11 is 0. The summed E-state index contributed by atoms with van der Waals surface area (Å²) in [5.74, 6) is -0.0775. The Bertz CT molecular complexity index is 1040. The average Bonchev–Trinajstić information content (AvgIpc) is 3.29. The quantitative estimate of drug-likeness (QED) is 0.0321. The van der Waals surface area contributed by atoms with Crippen LogP contribution in [0.25, 0.3) is 0 Å². The fourth-order valence-electron chi connectivity index (χ4n) is 8.55. The molecular formula is C58H109NO5. The molecule has 64 heavy (non-hydrogen) atoms. The molecule has 1 amide bonds. The Labute approximate surface area is 398 Å². The molecule has 0 aliphatic rings. The monoisotopic (exact) mass is 900 g/mol. The van der Waals surface area contributed by atoms with E-state index in [4.69, 9.17) is 4.74 Å². The third-order valence-electron chi connectivity index (χ3n) is 12.9. The van der Waals surface area contributed by atoms with Crippen LogP contribution in [-0.2, 0) is 14.3 Å². The van der Waals surface area contributed by atoms with Crippen LogP contribution in [0.4, 0.5) is 0 Å². The number of carbonyl (C=O) groups is 2. The summed E-state index contributed by atoms with van der Waals surface area (Å²) in [6.45, 7) is 4.86. The summed E-state index contributed by atoms with van der Waals surface area (Å²) in [4.78, 5) is 24.5. The number of esters is 1. The molecule has 0 aliphatic heterocycles. The smallest absolute Gasteiger partial charge is 0.305 e. The maximum atomic E-state index is 12.4. The SMILES string of the molecule is CCCCC/C=C\C/C=C\CCCCCCCC(=O)OCCCCCCCCCCCCCCCCCCCCCC(=O)NC(CO)C(O)/C=C/CCCCCCCCCCCCC. The number of allylic oxidation sites excluding steroid dienone is 5. The molecule has 0 aromatic heterocycles. The Balaban J connectivity index is 3.42. The van der Waals surface area contributed by atoms with Crippen molar-refractivity contribution in [1.82, 2.24) is 5.32 Å². The van der Waals surface area contributed by atoms with Gasteiger partial charge >= 0.3 is 5.97 Å². The number of amides is 1. The lowest BCUT2D eigenvalue weighted by atomic mass is 10.0. The van der Waals surface area contributed by atoms with Crippen LogP contribution in [0.2, 0.25) is 0 Å². The molecular weight excluding hydrogens is 791 g/mol. The number of ether oxygens (including phenoxy) is 1. The summed E-state index contributed by atoms with van der Waals surface area (Å²) in [6, 6.07) is -0.630. The molecule has 0 heterocycles.